The minimum atomic E-state index is -0.628. The van der Waals surface area contributed by atoms with E-state index >= 15 is 0 Å². The number of halogens is 1. The summed E-state index contributed by atoms with van der Waals surface area (Å²) in [6, 6.07) is 11.7. The average molecular weight is 372 g/mol. The van der Waals surface area contributed by atoms with Crippen molar-refractivity contribution in [2.75, 3.05) is 11.9 Å². The summed E-state index contributed by atoms with van der Waals surface area (Å²) in [5.41, 5.74) is 0.619. The second-order valence-corrected chi connectivity index (χ2v) is 6.38. The van der Waals surface area contributed by atoms with Gasteiger partial charge in [0.25, 0.3) is 11.1 Å². The first-order valence-electron chi connectivity index (χ1n) is 7.53. The monoisotopic (exact) mass is 372 g/mol. The molecule has 3 amide bonds. The molecule has 0 bridgehead atoms. The molecule has 1 heterocycles. The number of anilines is 1. The molecule has 1 fully saturated rings. The van der Waals surface area contributed by atoms with E-state index in [9.17, 15) is 23.9 Å². The summed E-state index contributed by atoms with van der Waals surface area (Å²) in [5, 5.41) is 11.5. The summed E-state index contributed by atoms with van der Waals surface area (Å²) in [6.45, 7) is -0.487. The number of amides is 3. The Bertz CT molecular complexity index is 929. The second kappa shape index (κ2) is 7.40. The maximum Gasteiger partial charge on any atom is 0.294 e. The first kappa shape index (κ1) is 17.7. The average Bonchev–Trinajstić information content (AvgIpc) is 2.84. The number of hydrogen-bond donors (Lipinski definition) is 2. The molecule has 0 unspecified atom stereocenters. The second-order valence-electron chi connectivity index (χ2n) is 5.39. The Labute approximate surface area is 152 Å². The fourth-order valence-electron chi connectivity index (χ4n) is 2.30. The SMILES string of the molecule is O=C(CN1C(=O)S/C(=C\c2cccc(F)c2)C1=O)Nc1ccccc1O. The van der Waals surface area contributed by atoms with Crippen LogP contribution in [0, 0.1) is 5.82 Å². The summed E-state index contributed by atoms with van der Waals surface area (Å²) in [4.78, 5) is 37.4. The Morgan fingerprint density at radius 1 is 1.19 bits per heavy atom. The molecule has 0 saturated carbocycles. The molecule has 2 aromatic carbocycles. The molecule has 6 nitrogen and oxygen atoms in total. The van der Waals surface area contributed by atoms with Crippen molar-refractivity contribution in [1.82, 2.24) is 4.90 Å². The third-order valence-corrected chi connectivity index (χ3v) is 4.41. The molecule has 2 aromatic rings. The number of phenolic OH excluding ortho intramolecular Hbond substituents is 1. The lowest BCUT2D eigenvalue weighted by Gasteiger charge is -2.13. The first-order chi connectivity index (χ1) is 12.4. The third-order valence-electron chi connectivity index (χ3n) is 3.50. The molecule has 0 atom stereocenters. The van der Waals surface area contributed by atoms with Crippen molar-refractivity contribution in [3.63, 3.8) is 0 Å². The predicted octanol–water partition coefficient (Wildman–Crippen LogP) is 3.21. The van der Waals surface area contributed by atoms with Gasteiger partial charge in [-0.25, -0.2) is 4.39 Å². The molecule has 0 aromatic heterocycles. The quantitative estimate of drug-likeness (QED) is 0.636. The van der Waals surface area contributed by atoms with Crippen molar-refractivity contribution in [2.24, 2.45) is 0 Å². The number of carbonyl (C=O) groups is 3. The van der Waals surface area contributed by atoms with E-state index in [-0.39, 0.29) is 16.3 Å². The smallest absolute Gasteiger partial charge is 0.294 e. The van der Waals surface area contributed by atoms with Gasteiger partial charge >= 0.3 is 0 Å². The summed E-state index contributed by atoms with van der Waals surface area (Å²) in [6.07, 6.45) is 1.40. The number of carbonyl (C=O) groups excluding carboxylic acids is 3. The van der Waals surface area contributed by atoms with Crippen molar-refractivity contribution in [1.29, 1.82) is 0 Å². The van der Waals surface area contributed by atoms with Crippen LogP contribution < -0.4 is 5.32 Å². The molecule has 1 saturated heterocycles. The number of benzene rings is 2. The molecular formula is C18H13FN2O4S. The normalized spacial score (nSPS) is 15.6. The van der Waals surface area contributed by atoms with Gasteiger partial charge < -0.3 is 10.4 Å². The zero-order valence-electron chi connectivity index (χ0n) is 13.3. The van der Waals surface area contributed by atoms with Gasteiger partial charge in [-0.3, -0.25) is 19.3 Å². The van der Waals surface area contributed by atoms with Crippen LogP contribution >= 0.6 is 11.8 Å². The molecule has 132 valence electrons. The minimum Gasteiger partial charge on any atom is -0.506 e. The van der Waals surface area contributed by atoms with E-state index in [1.54, 1.807) is 18.2 Å². The Hall–Kier alpha value is -3.13. The van der Waals surface area contributed by atoms with Gasteiger partial charge in [0, 0.05) is 0 Å². The van der Waals surface area contributed by atoms with Crippen LogP contribution in [0.4, 0.5) is 14.9 Å². The van der Waals surface area contributed by atoms with Crippen LogP contribution in [0.25, 0.3) is 6.08 Å². The van der Waals surface area contributed by atoms with Gasteiger partial charge in [-0.15, -0.1) is 0 Å². The standard InChI is InChI=1S/C18H13FN2O4S/c19-12-5-3-4-11(8-12)9-15-17(24)21(18(25)26-15)10-16(23)20-13-6-1-2-7-14(13)22/h1-9,22H,10H2,(H,20,23)/b15-9-. The number of thioether (sulfide) groups is 1. The van der Waals surface area contributed by atoms with E-state index in [1.165, 1.54) is 36.4 Å². The van der Waals surface area contributed by atoms with Crippen LogP contribution in [0.5, 0.6) is 5.75 Å². The van der Waals surface area contributed by atoms with Gasteiger partial charge in [0.05, 0.1) is 10.6 Å². The van der Waals surface area contributed by atoms with Crippen molar-refractivity contribution < 1.29 is 23.9 Å². The number of imide groups is 1. The molecular weight excluding hydrogens is 359 g/mol. The number of hydrogen-bond acceptors (Lipinski definition) is 5. The highest BCUT2D eigenvalue weighted by atomic mass is 32.2. The van der Waals surface area contributed by atoms with Crippen molar-refractivity contribution >= 4 is 40.6 Å². The zero-order chi connectivity index (χ0) is 18.7. The Balaban J connectivity index is 1.71. The lowest BCUT2D eigenvalue weighted by atomic mass is 10.2. The minimum absolute atomic E-state index is 0.107. The fraction of sp³-hybridized carbons (Fsp3) is 0.0556. The van der Waals surface area contributed by atoms with Gasteiger partial charge in [0.2, 0.25) is 5.91 Å². The summed E-state index contributed by atoms with van der Waals surface area (Å²) >= 11 is 0.681. The highest BCUT2D eigenvalue weighted by Crippen LogP contribution is 2.32. The molecule has 3 rings (SSSR count). The van der Waals surface area contributed by atoms with Gasteiger partial charge in [0.15, 0.2) is 0 Å². The Kier molecular flexibility index (Phi) is 5.04. The third kappa shape index (κ3) is 3.92. The van der Waals surface area contributed by atoms with E-state index < -0.39 is 29.4 Å². The molecule has 8 heteroatoms. The number of nitrogens with one attached hydrogen (secondary N) is 1. The molecule has 1 aliphatic rings. The summed E-state index contributed by atoms with van der Waals surface area (Å²) in [5.74, 6) is -1.83. The first-order valence-corrected chi connectivity index (χ1v) is 8.34. The van der Waals surface area contributed by atoms with Crippen LogP contribution in [0.15, 0.2) is 53.4 Å². The van der Waals surface area contributed by atoms with Crippen LogP contribution in [-0.4, -0.2) is 33.6 Å². The summed E-state index contributed by atoms with van der Waals surface area (Å²) in [7, 11) is 0. The van der Waals surface area contributed by atoms with Crippen molar-refractivity contribution in [3.8, 4) is 5.75 Å². The van der Waals surface area contributed by atoms with E-state index in [0.29, 0.717) is 17.3 Å². The van der Waals surface area contributed by atoms with Gasteiger partial charge in [-0.2, -0.15) is 0 Å². The van der Waals surface area contributed by atoms with Crippen molar-refractivity contribution in [2.45, 2.75) is 0 Å². The molecule has 2 N–H and O–H groups in total. The maximum absolute atomic E-state index is 13.2. The van der Waals surface area contributed by atoms with Crippen LogP contribution in [-0.2, 0) is 9.59 Å². The highest BCUT2D eigenvalue weighted by molar-refractivity contribution is 8.18. The van der Waals surface area contributed by atoms with E-state index in [2.05, 4.69) is 5.32 Å². The van der Waals surface area contributed by atoms with E-state index in [4.69, 9.17) is 0 Å². The lowest BCUT2D eigenvalue weighted by molar-refractivity contribution is -0.127. The number of nitrogens with zero attached hydrogens (tertiary/aromatic N) is 1. The number of phenols is 1. The maximum atomic E-state index is 13.2. The molecule has 1 aliphatic heterocycles. The van der Waals surface area contributed by atoms with Gasteiger partial charge in [-0.05, 0) is 47.7 Å². The lowest BCUT2D eigenvalue weighted by Crippen LogP contribution is -2.36. The molecule has 26 heavy (non-hydrogen) atoms. The van der Waals surface area contributed by atoms with Crippen LogP contribution in [0.1, 0.15) is 5.56 Å². The van der Waals surface area contributed by atoms with E-state index in [1.807, 2.05) is 0 Å². The Morgan fingerprint density at radius 2 is 1.96 bits per heavy atom. The fourth-order valence-corrected chi connectivity index (χ4v) is 3.14. The molecule has 0 radical (unpaired) electrons. The van der Waals surface area contributed by atoms with E-state index in [0.717, 1.165) is 4.90 Å². The predicted molar refractivity (Wildman–Crippen MR) is 95.8 cm³/mol. The van der Waals surface area contributed by atoms with Gasteiger partial charge in [0.1, 0.15) is 18.1 Å². The Morgan fingerprint density at radius 3 is 2.69 bits per heavy atom. The zero-order valence-corrected chi connectivity index (χ0v) is 14.1. The largest absolute Gasteiger partial charge is 0.506 e. The number of aromatic hydroxyl groups is 1. The summed E-state index contributed by atoms with van der Waals surface area (Å²) < 4.78 is 13.2. The van der Waals surface area contributed by atoms with Gasteiger partial charge in [-0.1, -0.05) is 24.3 Å². The van der Waals surface area contributed by atoms with Crippen LogP contribution in [0.2, 0.25) is 0 Å². The highest BCUT2D eigenvalue weighted by Gasteiger charge is 2.36. The van der Waals surface area contributed by atoms with Crippen molar-refractivity contribution in [3.05, 3.63) is 64.8 Å². The molecule has 0 spiro atoms. The molecule has 0 aliphatic carbocycles. The topological polar surface area (TPSA) is 86.7 Å². The number of para-hydroxylation sites is 2. The van der Waals surface area contributed by atoms with Crippen LogP contribution in [0.3, 0.4) is 0 Å². The number of rotatable bonds is 4.